The molecule has 1 N–H and O–H groups in total. The van der Waals surface area contributed by atoms with Crippen LogP contribution in [0.5, 0.6) is 5.75 Å². The Hall–Kier alpha value is -1.10. The summed E-state index contributed by atoms with van der Waals surface area (Å²) in [4.78, 5) is 10.5. The van der Waals surface area contributed by atoms with Gasteiger partial charge in [0.05, 0.1) is 4.47 Å². The molecule has 0 heterocycles. The number of aliphatic carboxylic acids is 1. The summed E-state index contributed by atoms with van der Waals surface area (Å²) in [5.41, 5.74) is 0. The van der Waals surface area contributed by atoms with Gasteiger partial charge >= 0.3 is 5.97 Å². The highest BCUT2D eigenvalue weighted by atomic mass is 79.9. The predicted molar refractivity (Wildman–Crippen MR) is 51.8 cm³/mol. The fraction of sp³-hybridized carbons (Fsp3) is 0.222. The van der Waals surface area contributed by atoms with Gasteiger partial charge < -0.3 is 9.84 Å². The van der Waals surface area contributed by atoms with E-state index in [0.29, 0.717) is 4.47 Å². The number of benzene rings is 1. The van der Waals surface area contributed by atoms with Crippen LogP contribution in [-0.2, 0) is 4.79 Å². The van der Waals surface area contributed by atoms with Crippen molar-refractivity contribution in [1.29, 1.82) is 0 Å². The SMILES string of the molecule is C[C@H](Oc1cc(F)ccc1Br)C(=O)O. The van der Waals surface area contributed by atoms with Crippen LogP contribution >= 0.6 is 15.9 Å². The molecule has 14 heavy (non-hydrogen) atoms. The van der Waals surface area contributed by atoms with Crippen LogP contribution in [0.2, 0.25) is 0 Å². The molecule has 1 aromatic carbocycles. The van der Waals surface area contributed by atoms with Gasteiger partial charge in [-0.1, -0.05) is 0 Å². The number of carboxylic acid groups (broad SMARTS) is 1. The molecule has 5 heteroatoms. The summed E-state index contributed by atoms with van der Waals surface area (Å²) in [6.45, 7) is 1.37. The van der Waals surface area contributed by atoms with Gasteiger partial charge in [-0.15, -0.1) is 0 Å². The summed E-state index contributed by atoms with van der Waals surface area (Å²) in [7, 11) is 0. The number of halogens is 2. The molecule has 1 atom stereocenters. The molecule has 0 bridgehead atoms. The number of hydrogen-bond donors (Lipinski definition) is 1. The molecule has 0 radical (unpaired) electrons. The van der Waals surface area contributed by atoms with Gasteiger partial charge in [0.2, 0.25) is 0 Å². The standard InChI is InChI=1S/C9H8BrFO3/c1-5(9(12)13)14-8-4-6(11)2-3-7(8)10/h2-5H,1H3,(H,12,13)/t5-/m0/s1. The molecule has 0 saturated heterocycles. The maximum absolute atomic E-state index is 12.8. The maximum Gasteiger partial charge on any atom is 0.344 e. The van der Waals surface area contributed by atoms with Crippen LogP contribution in [-0.4, -0.2) is 17.2 Å². The normalized spacial score (nSPS) is 12.2. The summed E-state index contributed by atoms with van der Waals surface area (Å²) in [6.07, 6.45) is -1.01. The first kappa shape index (κ1) is 11.0. The van der Waals surface area contributed by atoms with Gasteiger partial charge in [-0.2, -0.15) is 0 Å². The molecule has 0 aliphatic heterocycles. The number of ether oxygens (including phenoxy) is 1. The lowest BCUT2D eigenvalue weighted by Crippen LogP contribution is -2.23. The molecule has 0 aromatic heterocycles. The first-order chi connectivity index (χ1) is 6.50. The number of carboxylic acids is 1. The molecule has 0 aliphatic carbocycles. The van der Waals surface area contributed by atoms with E-state index in [1.807, 2.05) is 0 Å². The molecular formula is C9H8BrFO3. The van der Waals surface area contributed by atoms with Crippen molar-refractivity contribution in [3.8, 4) is 5.75 Å². The number of rotatable bonds is 3. The lowest BCUT2D eigenvalue weighted by atomic mass is 10.3. The van der Waals surface area contributed by atoms with Crippen molar-refractivity contribution in [1.82, 2.24) is 0 Å². The Balaban J connectivity index is 2.85. The quantitative estimate of drug-likeness (QED) is 0.910. The lowest BCUT2D eigenvalue weighted by Gasteiger charge is -2.11. The van der Waals surface area contributed by atoms with Gasteiger partial charge in [-0.25, -0.2) is 9.18 Å². The van der Waals surface area contributed by atoms with Crippen molar-refractivity contribution < 1.29 is 19.0 Å². The molecule has 1 aromatic rings. The monoisotopic (exact) mass is 262 g/mol. The Labute approximate surface area is 88.6 Å². The molecule has 0 aliphatic rings. The zero-order valence-corrected chi connectivity index (χ0v) is 8.92. The van der Waals surface area contributed by atoms with Crippen LogP contribution in [0.4, 0.5) is 4.39 Å². The molecule has 0 amide bonds. The number of hydrogen-bond acceptors (Lipinski definition) is 2. The smallest absolute Gasteiger partial charge is 0.344 e. The van der Waals surface area contributed by atoms with E-state index in [9.17, 15) is 9.18 Å². The predicted octanol–water partition coefficient (Wildman–Crippen LogP) is 2.44. The summed E-state index contributed by atoms with van der Waals surface area (Å²) in [6, 6.07) is 3.84. The van der Waals surface area contributed by atoms with E-state index in [2.05, 4.69) is 15.9 Å². The fourth-order valence-corrected chi connectivity index (χ4v) is 1.15. The second-order valence-electron chi connectivity index (χ2n) is 2.67. The Morgan fingerprint density at radius 1 is 1.64 bits per heavy atom. The van der Waals surface area contributed by atoms with Crippen molar-refractivity contribution in [3.05, 3.63) is 28.5 Å². The van der Waals surface area contributed by atoms with Crippen LogP contribution < -0.4 is 4.74 Å². The zero-order valence-electron chi connectivity index (χ0n) is 7.33. The average Bonchev–Trinajstić information content (AvgIpc) is 2.11. The largest absolute Gasteiger partial charge is 0.479 e. The average molecular weight is 263 g/mol. The third-order valence-electron chi connectivity index (χ3n) is 1.54. The van der Waals surface area contributed by atoms with Crippen LogP contribution in [0.15, 0.2) is 22.7 Å². The topological polar surface area (TPSA) is 46.5 Å². The highest BCUT2D eigenvalue weighted by Gasteiger charge is 2.14. The van der Waals surface area contributed by atoms with E-state index >= 15 is 0 Å². The molecule has 0 unspecified atom stereocenters. The van der Waals surface area contributed by atoms with Crippen LogP contribution in [0.1, 0.15) is 6.92 Å². The molecular weight excluding hydrogens is 255 g/mol. The highest BCUT2D eigenvalue weighted by molar-refractivity contribution is 9.10. The lowest BCUT2D eigenvalue weighted by molar-refractivity contribution is -0.144. The number of carbonyl (C=O) groups is 1. The summed E-state index contributed by atoms with van der Waals surface area (Å²) >= 11 is 3.12. The summed E-state index contributed by atoms with van der Waals surface area (Å²) < 4.78 is 18.3. The molecule has 1 rings (SSSR count). The minimum Gasteiger partial charge on any atom is -0.479 e. The minimum absolute atomic E-state index is 0.180. The fourth-order valence-electron chi connectivity index (χ4n) is 0.808. The first-order valence-corrected chi connectivity index (χ1v) is 4.64. The highest BCUT2D eigenvalue weighted by Crippen LogP contribution is 2.26. The Morgan fingerprint density at radius 3 is 2.86 bits per heavy atom. The van der Waals surface area contributed by atoms with Gasteiger partial charge in [-0.3, -0.25) is 0 Å². The van der Waals surface area contributed by atoms with Crippen LogP contribution in [0, 0.1) is 5.82 Å². The van der Waals surface area contributed by atoms with Crippen LogP contribution in [0.25, 0.3) is 0 Å². The van der Waals surface area contributed by atoms with E-state index in [4.69, 9.17) is 9.84 Å². The maximum atomic E-state index is 12.8. The Kier molecular flexibility index (Phi) is 3.46. The van der Waals surface area contributed by atoms with Crippen LogP contribution in [0.3, 0.4) is 0 Å². The summed E-state index contributed by atoms with van der Waals surface area (Å²) in [5, 5.41) is 8.57. The zero-order chi connectivity index (χ0) is 10.7. The molecule has 76 valence electrons. The van der Waals surface area contributed by atoms with Gasteiger partial charge in [0.1, 0.15) is 11.6 Å². The van der Waals surface area contributed by atoms with E-state index in [1.54, 1.807) is 0 Å². The second-order valence-corrected chi connectivity index (χ2v) is 3.53. The molecule has 0 fully saturated rings. The van der Waals surface area contributed by atoms with Gasteiger partial charge in [0.15, 0.2) is 6.10 Å². The summed E-state index contributed by atoms with van der Waals surface area (Å²) in [5.74, 6) is -1.39. The first-order valence-electron chi connectivity index (χ1n) is 3.85. The second kappa shape index (κ2) is 4.41. The van der Waals surface area contributed by atoms with Crippen molar-refractivity contribution in [2.75, 3.05) is 0 Å². The molecule has 0 spiro atoms. The Morgan fingerprint density at radius 2 is 2.29 bits per heavy atom. The van der Waals surface area contributed by atoms with E-state index in [1.165, 1.54) is 19.1 Å². The third-order valence-corrected chi connectivity index (χ3v) is 2.20. The van der Waals surface area contributed by atoms with Gasteiger partial charge in [-0.05, 0) is 35.0 Å². The van der Waals surface area contributed by atoms with Crippen molar-refractivity contribution in [3.63, 3.8) is 0 Å². The van der Waals surface area contributed by atoms with E-state index in [-0.39, 0.29) is 5.75 Å². The van der Waals surface area contributed by atoms with E-state index < -0.39 is 17.9 Å². The Bertz CT molecular complexity index is 354. The van der Waals surface area contributed by atoms with Crippen molar-refractivity contribution in [2.24, 2.45) is 0 Å². The van der Waals surface area contributed by atoms with Crippen molar-refractivity contribution >= 4 is 21.9 Å². The molecule has 3 nitrogen and oxygen atoms in total. The minimum atomic E-state index is -1.10. The van der Waals surface area contributed by atoms with E-state index in [0.717, 1.165) is 6.07 Å². The third kappa shape index (κ3) is 2.70. The van der Waals surface area contributed by atoms with Gasteiger partial charge in [0, 0.05) is 6.07 Å². The molecule has 0 saturated carbocycles. The van der Waals surface area contributed by atoms with Crippen molar-refractivity contribution in [2.45, 2.75) is 13.0 Å². The van der Waals surface area contributed by atoms with Gasteiger partial charge in [0.25, 0.3) is 0 Å².